The Morgan fingerprint density at radius 1 is 0.778 bits per heavy atom. The lowest BCUT2D eigenvalue weighted by molar-refractivity contribution is 0.403. The molecule has 0 saturated carbocycles. The van der Waals surface area contributed by atoms with Crippen LogP contribution in [-0.4, -0.2) is 18.3 Å². The summed E-state index contributed by atoms with van der Waals surface area (Å²) in [5, 5.41) is 4.11. The number of hydrogen-bond acceptors (Lipinski definition) is 1. The number of hydrogen-bond donors (Lipinski definition) is 0. The first-order valence-corrected chi connectivity index (χ1v) is 14.2. The fraction of sp³-hybridized carbons (Fsp3) is 0.129. The first kappa shape index (κ1) is 24.2. The molecule has 36 heavy (non-hydrogen) atoms. The number of rotatable bonds is 5. The number of aromatic nitrogens is 2. The van der Waals surface area contributed by atoms with E-state index in [4.69, 9.17) is 11.6 Å². The second-order valence-electron chi connectivity index (χ2n) is 9.97. The van der Waals surface area contributed by atoms with E-state index >= 15 is 0 Å². The predicted octanol–water partition coefficient (Wildman–Crippen LogP) is 6.01. The van der Waals surface area contributed by atoms with E-state index in [9.17, 15) is 4.39 Å². The van der Waals surface area contributed by atoms with E-state index in [0.29, 0.717) is 0 Å². The smallest absolute Gasteiger partial charge is 0.141 e. The number of benzene rings is 3. The van der Waals surface area contributed by atoms with Crippen LogP contribution >= 0.6 is 11.6 Å². The Morgan fingerprint density at radius 2 is 1.36 bits per heavy atom. The molecule has 0 aliphatic carbocycles. The van der Waals surface area contributed by atoms with Gasteiger partial charge in [0.05, 0.1) is 10.7 Å². The molecule has 2 nitrogen and oxygen atoms in total. The van der Waals surface area contributed by atoms with Gasteiger partial charge >= 0.3 is 0 Å². The van der Waals surface area contributed by atoms with Crippen LogP contribution in [0, 0.1) is 5.82 Å². The fourth-order valence-corrected chi connectivity index (χ4v) is 8.25. The van der Waals surface area contributed by atoms with E-state index < -0.39 is 14.6 Å². The summed E-state index contributed by atoms with van der Waals surface area (Å²) < 4.78 is 16.5. The van der Waals surface area contributed by atoms with Crippen molar-refractivity contribution in [2.24, 2.45) is 0 Å². The summed E-state index contributed by atoms with van der Waals surface area (Å²) in [5.41, 5.74) is 3.95. The first-order valence-electron chi connectivity index (χ1n) is 12.1. The number of pyridine rings is 1. The van der Waals surface area contributed by atoms with Crippen molar-refractivity contribution in [3.8, 4) is 22.4 Å². The maximum Gasteiger partial charge on any atom is 0.141 e. The van der Waals surface area contributed by atoms with Gasteiger partial charge in [-0.1, -0.05) is 82.6 Å². The third-order valence-corrected chi connectivity index (χ3v) is 9.95. The monoisotopic (exact) mass is 510 g/mol. The molecule has 0 unspecified atom stereocenters. The highest BCUT2D eigenvalue weighted by Crippen LogP contribution is 2.37. The van der Waals surface area contributed by atoms with E-state index in [1.54, 1.807) is 6.07 Å². The molecule has 5 heteroatoms. The highest BCUT2D eigenvalue weighted by molar-refractivity contribution is 6.96. The molecule has 3 aromatic carbocycles. The van der Waals surface area contributed by atoms with Crippen molar-refractivity contribution < 1.29 is 4.39 Å². The van der Waals surface area contributed by atoms with Crippen LogP contribution in [0.25, 0.3) is 22.4 Å². The van der Waals surface area contributed by atoms with Crippen LogP contribution in [0.15, 0.2) is 110 Å². The molecular weight excluding hydrogens is 483 g/mol. The summed E-state index contributed by atoms with van der Waals surface area (Å²) in [6.07, 6.45) is 5.98. The standard InChI is InChI=1S/C31H28ClFN2Si/c1-31(2,3)35-21-28(36(24-10-6-4-7-11-24)25-12-8-5-9-13-25)29(22-16-18-34-19-17-22)30(35)23-14-15-27(33)26(32)20-23/h4-21,36H,1-3H3. The van der Waals surface area contributed by atoms with Gasteiger partial charge in [-0.05, 0) is 61.9 Å². The average molecular weight is 511 g/mol. The zero-order valence-electron chi connectivity index (χ0n) is 20.6. The van der Waals surface area contributed by atoms with Crippen molar-refractivity contribution in [2.45, 2.75) is 26.3 Å². The van der Waals surface area contributed by atoms with Crippen molar-refractivity contribution in [2.75, 3.05) is 0 Å². The molecule has 0 bridgehead atoms. The van der Waals surface area contributed by atoms with E-state index in [2.05, 4.69) is 109 Å². The van der Waals surface area contributed by atoms with Gasteiger partial charge in [0.1, 0.15) is 14.6 Å². The molecule has 0 amide bonds. The summed E-state index contributed by atoms with van der Waals surface area (Å²) in [7, 11) is -1.89. The lowest BCUT2D eigenvalue weighted by Gasteiger charge is -2.25. The minimum atomic E-state index is -1.89. The number of nitrogens with zero attached hydrogens (tertiary/aromatic N) is 2. The Labute approximate surface area is 218 Å². The van der Waals surface area contributed by atoms with Crippen molar-refractivity contribution in [3.05, 3.63) is 120 Å². The minimum Gasteiger partial charge on any atom is -0.342 e. The molecule has 0 aliphatic rings. The van der Waals surface area contributed by atoms with E-state index in [1.165, 1.54) is 21.6 Å². The molecule has 0 atom stereocenters. The molecule has 5 aromatic rings. The third kappa shape index (κ3) is 4.67. The maximum absolute atomic E-state index is 14.2. The normalized spacial score (nSPS) is 11.7. The van der Waals surface area contributed by atoms with Crippen LogP contribution in [0.4, 0.5) is 4.39 Å². The Kier molecular flexibility index (Phi) is 6.65. The molecule has 2 heterocycles. The highest BCUT2D eigenvalue weighted by atomic mass is 35.5. The summed E-state index contributed by atoms with van der Waals surface area (Å²) in [6.45, 7) is 6.59. The fourth-order valence-electron chi connectivity index (χ4n) is 4.86. The average Bonchev–Trinajstić information content (AvgIpc) is 3.28. The SMILES string of the molecule is CC(C)(C)n1cc([SiH](c2ccccc2)c2ccccc2)c(-c2ccncc2)c1-c1ccc(F)c(Cl)c1. The van der Waals surface area contributed by atoms with E-state index in [-0.39, 0.29) is 10.6 Å². The molecule has 0 fully saturated rings. The molecule has 0 saturated heterocycles. The van der Waals surface area contributed by atoms with Gasteiger partial charge in [0.2, 0.25) is 0 Å². The minimum absolute atomic E-state index is 0.122. The first-order chi connectivity index (χ1) is 17.3. The van der Waals surface area contributed by atoms with Crippen molar-refractivity contribution in [3.63, 3.8) is 0 Å². The molecule has 0 radical (unpaired) electrons. The molecule has 2 aromatic heterocycles. The van der Waals surface area contributed by atoms with Crippen LogP contribution < -0.4 is 15.6 Å². The van der Waals surface area contributed by atoms with Gasteiger partial charge in [0, 0.05) is 35.3 Å². The summed E-state index contributed by atoms with van der Waals surface area (Å²) in [4.78, 5) is 4.28. The molecule has 180 valence electrons. The highest BCUT2D eigenvalue weighted by Gasteiger charge is 2.31. The molecular formula is C31H28ClFN2Si. The van der Waals surface area contributed by atoms with Crippen LogP contribution in [0.1, 0.15) is 20.8 Å². The molecule has 0 spiro atoms. The van der Waals surface area contributed by atoms with Crippen LogP contribution in [-0.2, 0) is 5.54 Å². The summed E-state index contributed by atoms with van der Waals surface area (Å²) in [6, 6.07) is 30.7. The quantitative estimate of drug-likeness (QED) is 0.265. The lowest BCUT2D eigenvalue weighted by atomic mass is 10.00. The van der Waals surface area contributed by atoms with Gasteiger partial charge < -0.3 is 4.57 Å². The lowest BCUT2D eigenvalue weighted by Crippen LogP contribution is -2.52. The topological polar surface area (TPSA) is 17.8 Å². The molecule has 0 aliphatic heterocycles. The van der Waals surface area contributed by atoms with Crippen molar-refractivity contribution >= 4 is 36.0 Å². The van der Waals surface area contributed by atoms with Gasteiger partial charge in [-0.3, -0.25) is 4.98 Å². The van der Waals surface area contributed by atoms with Crippen LogP contribution in [0.3, 0.4) is 0 Å². The van der Waals surface area contributed by atoms with Gasteiger partial charge in [0.15, 0.2) is 0 Å². The summed E-state index contributed by atoms with van der Waals surface area (Å²) >= 11 is 6.30. The van der Waals surface area contributed by atoms with Crippen molar-refractivity contribution in [1.82, 2.24) is 9.55 Å². The number of halogens is 2. The second-order valence-corrected chi connectivity index (χ2v) is 13.2. The van der Waals surface area contributed by atoms with E-state index in [0.717, 1.165) is 22.4 Å². The van der Waals surface area contributed by atoms with Crippen LogP contribution in [0.5, 0.6) is 0 Å². The largest absolute Gasteiger partial charge is 0.342 e. The van der Waals surface area contributed by atoms with Gasteiger partial charge in [0.25, 0.3) is 0 Å². The Hall–Kier alpha value is -3.47. The Bertz CT molecular complexity index is 1440. The Morgan fingerprint density at radius 3 is 1.89 bits per heavy atom. The second kappa shape index (κ2) is 9.88. The zero-order chi connectivity index (χ0) is 25.3. The predicted molar refractivity (Wildman–Crippen MR) is 152 cm³/mol. The van der Waals surface area contributed by atoms with Gasteiger partial charge in [-0.25, -0.2) is 4.39 Å². The molecule has 5 rings (SSSR count). The van der Waals surface area contributed by atoms with Gasteiger partial charge in [-0.2, -0.15) is 0 Å². The summed E-state index contributed by atoms with van der Waals surface area (Å²) in [5.74, 6) is -0.416. The van der Waals surface area contributed by atoms with Gasteiger partial charge in [-0.15, -0.1) is 0 Å². The maximum atomic E-state index is 14.2. The zero-order valence-corrected chi connectivity index (χ0v) is 22.5. The van der Waals surface area contributed by atoms with Crippen LogP contribution in [0.2, 0.25) is 5.02 Å². The third-order valence-electron chi connectivity index (χ3n) is 6.50. The molecule has 0 N–H and O–H groups in total. The Balaban J connectivity index is 1.90. The van der Waals surface area contributed by atoms with Crippen molar-refractivity contribution in [1.29, 1.82) is 0 Å². The van der Waals surface area contributed by atoms with E-state index in [1.807, 2.05) is 18.5 Å².